The van der Waals surface area contributed by atoms with Crippen LogP contribution in [0.5, 0.6) is 0 Å². The Morgan fingerprint density at radius 1 is 1.48 bits per heavy atom. The molecular weight excluding hydrogens is 274 g/mol. The molecule has 0 unspecified atom stereocenters. The zero-order chi connectivity index (χ0) is 15.0. The average molecular weight is 289 g/mol. The summed E-state index contributed by atoms with van der Waals surface area (Å²) in [5.74, 6) is -0.916. The number of hydrogen-bond acceptors (Lipinski definition) is 5. The third-order valence-electron chi connectivity index (χ3n) is 3.55. The maximum Gasteiger partial charge on any atom is 0.323 e. The number of aliphatic carboxylic acids is 1. The maximum atomic E-state index is 12.5. The van der Waals surface area contributed by atoms with Gasteiger partial charge < -0.3 is 14.5 Å². The van der Waals surface area contributed by atoms with Gasteiger partial charge in [0.05, 0.1) is 16.6 Å². The molecule has 7 nitrogen and oxygen atoms in total. The summed E-state index contributed by atoms with van der Waals surface area (Å²) < 4.78 is 5.00. The van der Waals surface area contributed by atoms with Crippen molar-refractivity contribution in [3.8, 4) is 0 Å². The van der Waals surface area contributed by atoms with Crippen molar-refractivity contribution in [3.63, 3.8) is 0 Å². The first-order chi connectivity index (χ1) is 10.0. The molecule has 0 spiro atoms. The van der Waals surface area contributed by atoms with Crippen LogP contribution >= 0.6 is 0 Å². The minimum absolute atomic E-state index is 0.296. The van der Waals surface area contributed by atoms with Gasteiger partial charge in [0.15, 0.2) is 0 Å². The minimum atomic E-state index is -1.01. The Kier molecular flexibility index (Phi) is 3.32. The number of nitrogens with zero attached hydrogens (tertiary/aromatic N) is 3. The lowest BCUT2D eigenvalue weighted by Gasteiger charge is -2.20. The Labute approximate surface area is 120 Å². The van der Waals surface area contributed by atoms with Crippen LogP contribution in [0.2, 0.25) is 0 Å². The van der Waals surface area contributed by atoms with E-state index in [0.29, 0.717) is 34.8 Å². The third-order valence-corrected chi connectivity index (χ3v) is 3.55. The molecule has 1 amide bonds. The fraction of sp³-hybridized carbons (Fsp3) is 0.429. The van der Waals surface area contributed by atoms with Gasteiger partial charge in [-0.1, -0.05) is 5.16 Å². The molecule has 0 saturated heterocycles. The number of aryl methyl sites for hydroxylation is 1. The number of rotatable bonds is 5. The summed E-state index contributed by atoms with van der Waals surface area (Å²) in [4.78, 5) is 28.9. The van der Waals surface area contributed by atoms with Crippen LogP contribution in [0.4, 0.5) is 0 Å². The quantitative estimate of drug-likeness (QED) is 0.895. The molecule has 1 saturated carbocycles. The lowest BCUT2D eigenvalue weighted by Crippen LogP contribution is -2.37. The average Bonchev–Trinajstić information content (AvgIpc) is 3.19. The lowest BCUT2D eigenvalue weighted by atomic mass is 10.2. The molecule has 1 aliphatic carbocycles. The van der Waals surface area contributed by atoms with Crippen molar-refractivity contribution in [2.24, 2.45) is 5.92 Å². The van der Waals surface area contributed by atoms with Crippen molar-refractivity contribution in [2.45, 2.75) is 19.8 Å². The Bertz CT molecular complexity index is 705. The molecule has 7 heteroatoms. The van der Waals surface area contributed by atoms with E-state index in [2.05, 4.69) is 10.1 Å². The Hall–Kier alpha value is -2.44. The summed E-state index contributed by atoms with van der Waals surface area (Å²) in [5, 5.41) is 13.4. The summed E-state index contributed by atoms with van der Waals surface area (Å²) in [6.07, 6.45) is 3.49. The fourth-order valence-electron chi connectivity index (χ4n) is 2.24. The SMILES string of the molecule is Cc1noc2ncc(C(=O)N(CC(=O)O)CC3CC3)cc12. The molecule has 0 bridgehead atoms. The second kappa shape index (κ2) is 5.16. The smallest absolute Gasteiger partial charge is 0.323 e. The van der Waals surface area contributed by atoms with Crippen molar-refractivity contribution < 1.29 is 19.2 Å². The van der Waals surface area contributed by atoms with E-state index in [1.54, 1.807) is 13.0 Å². The molecule has 110 valence electrons. The highest BCUT2D eigenvalue weighted by Crippen LogP contribution is 2.30. The van der Waals surface area contributed by atoms with Crippen LogP contribution in [0.25, 0.3) is 11.1 Å². The van der Waals surface area contributed by atoms with Gasteiger partial charge in [-0.3, -0.25) is 9.59 Å². The van der Waals surface area contributed by atoms with Crippen LogP contribution < -0.4 is 0 Å². The highest BCUT2D eigenvalue weighted by molar-refractivity contribution is 5.98. The monoisotopic (exact) mass is 289 g/mol. The lowest BCUT2D eigenvalue weighted by molar-refractivity contribution is -0.137. The van der Waals surface area contributed by atoms with E-state index in [1.807, 2.05) is 0 Å². The van der Waals surface area contributed by atoms with Gasteiger partial charge in [0.25, 0.3) is 11.6 Å². The second-order valence-electron chi connectivity index (χ2n) is 5.37. The highest BCUT2D eigenvalue weighted by Gasteiger charge is 2.28. The Balaban J connectivity index is 1.88. The predicted octanol–water partition coefficient (Wildman–Crippen LogP) is 1.47. The summed E-state index contributed by atoms with van der Waals surface area (Å²) >= 11 is 0. The number of amides is 1. The number of aromatic nitrogens is 2. The number of carboxylic acid groups (broad SMARTS) is 1. The first-order valence-electron chi connectivity index (χ1n) is 6.77. The molecule has 0 aliphatic heterocycles. The van der Waals surface area contributed by atoms with Crippen molar-refractivity contribution in [2.75, 3.05) is 13.1 Å². The molecule has 0 aromatic carbocycles. The summed E-state index contributed by atoms with van der Waals surface area (Å²) in [7, 11) is 0. The molecular formula is C14H15N3O4. The summed E-state index contributed by atoms with van der Waals surface area (Å²) in [6.45, 7) is 1.95. The molecule has 2 aromatic heterocycles. The van der Waals surface area contributed by atoms with Crippen LogP contribution in [0.15, 0.2) is 16.8 Å². The molecule has 1 fully saturated rings. The second-order valence-corrected chi connectivity index (χ2v) is 5.37. The Morgan fingerprint density at radius 2 is 2.24 bits per heavy atom. The molecule has 0 atom stereocenters. The van der Waals surface area contributed by atoms with Crippen LogP contribution in [-0.4, -0.2) is 45.1 Å². The van der Waals surface area contributed by atoms with Crippen LogP contribution in [-0.2, 0) is 4.79 Å². The predicted molar refractivity (Wildman–Crippen MR) is 72.8 cm³/mol. The van der Waals surface area contributed by atoms with Gasteiger partial charge in [0, 0.05) is 12.7 Å². The maximum absolute atomic E-state index is 12.5. The summed E-state index contributed by atoms with van der Waals surface area (Å²) in [5.41, 5.74) is 1.38. The minimum Gasteiger partial charge on any atom is -0.480 e. The van der Waals surface area contributed by atoms with E-state index in [4.69, 9.17) is 9.63 Å². The Morgan fingerprint density at radius 3 is 2.90 bits per heavy atom. The van der Waals surface area contributed by atoms with Crippen molar-refractivity contribution >= 4 is 23.0 Å². The van der Waals surface area contributed by atoms with E-state index < -0.39 is 5.97 Å². The van der Waals surface area contributed by atoms with Gasteiger partial charge in [-0.25, -0.2) is 4.98 Å². The zero-order valence-electron chi connectivity index (χ0n) is 11.6. The van der Waals surface area contributed by atoms with Gasteiger partial charge in [0.1, 0.15) is 6.54 Å². The number of pyridine rings is 1. The standard InChI is InChI=1S/C14H15N3O4/c1-8-11-4-10(5-15-13(11)21-16-8)14(20)17(7-12(18)19)6-9-2-3-9/h4-5,9H,2-3,6-7H2,1H3,(H,18,19). The molecule has 1 N–H and O–H groups in total. The van der Waals surface area contributed by atoms with Crippen LogP contribution in [0.1, 0.15) is 28.9 Å². The number of carbonyl (C=O) groups excluding carboxylic acids is 1. The number of fused-ring (bicyclic) bond motifs is 1. The third kappa shape index (κ3) is 2.86. The normalized spacial score (nSPS) is 14.3. The van der Waals surface area contributed by atoms with Gasteiger partial charge in [0.2, 0.25) is 0 Å². The topological polar surface area (TPSA) is 96.5 Å². The first-order valence-corrected chi connectivity index (χ1v) is 6.77. The number of carboxylic acids is 1. The molecule has 21 heavy (non-hydrogen) atoms. The van der Waals surface area contributed by atoms with Gasteiger partial charge in [-0.05, 0) is 31.7 Å². The van der Waals surface area contributed by atoms with Gasteiger partial charge in [-0.15, -0.1) is 0 Å². The van der Waals surface area contributed by atoms with E-state index in [1.165, 1.54) is 11.1 Å². The molecule has 2 heterocycles. The van der Waals surface area contributed by atoms with Crippen molar-refractivity contribution in [3.05, 3.63) is 23.5 Å². The number of hydrogen-bond donors (Lipinski definition) is 1. The van der Waals surface area contributed by atoms with Crippen molar-refractivity contribution in [1.82, 2.24) is 15.0 Å². The van der Waals surface area contributed by atoms with Crippen LogP contribution in [0.3, 0.4) is 0 Å². The fourth-order valence-corrected chi connectivity index (χ4v) is 2.24. The van der Waals surface area contributed by atoms with E-state index in [-0.39, 0.29) is 12.5 Å². The van der Waals surface area contributed by atoms with E-state index in [9.17, 15) is 9.59 Å². The first kappa shape index (κ1) is 13.5. The van der Waals surface area contributed by atoms with Crippen LogP contribution in [0, 0.1) is 12.8 Å². The molecule has 1 aliphatic rings. The summed E-state index contributed by atoms with van der Waals surface area (Å²) in [6, 6.07) is 1.65. The number of carbonyl (C=O) groups is 2. The van der Waals surface area contributed by atoms with Crippen molar-refractivity contribution in [1.29, 1.82) is 0 Å². The van der Waals surface area contributed by atoms with Gasteiger partial charge >= 0.3 is 5.97 Å². The largest absolute Gasteiger partial charge is 0.480 e. The highest BCUT2D eigenvalue weighted by atomic mass is 16.5. The van der Waals surface area contributed by atoms with E-state index in [0.717, 1.165) is 12.8 Å². The molecule has 2 aromatic rings. The van der Waals surface area contributed by atoms with Gasteiger partial charge in [-0.2, -0.15) is 0 Å². The van der Waals surface area contributed by atoms with E-state index >= 15 is 0 Å². The molecule has 3 rings (SSSR count). The zero-order valence-corrected chi connectivity index (χ0v) is 11.6. The molecule has 0 radical (unpaired) electrons.